The molecular formula is C14H15N3S. The first-order valence-electron chi connectivity index (χ1n) is 5.97. The number of fused-ring (bicyclic) bond motifs is 1. The zero-order valence-electron chi connectivity index (χ0n) is 10.8. The van der Waals surface area contributed by atoms with Crippen LogP contribution >= 0.6 is 11.3 Å². The van der Waals surface area contributed by atoms with E-state index in [4.69, 9.17) is 0 Å². The molecule has 0 unspecified atom stereocenters. The average Bonchev–Trinajstić information content (AvgIpc) is 2.89. The zero-order valence-corrected chi connectivity index (χ0v) is 11.6. The summed E-state index contributed by atoms with van der Waals surface area (Å²) in [5.74, 6) is 0. The van der Waals surface area contributed by atoms with Crippen LogP contribution in [-0.4, -0.2) is 14.5 Å². The van der Waals surface area contributed by atoms with Crippen molar-refractivity contribution in [3.63, 3.8) is 0 Å². The molecule has 1 aromatic carbocycles. The van der Waals surface area contributed by atoms with E-state index < -0.39 is 0 Å². The second kappa shape index (κ2) is 4.21. The smallest absolute Gasteiger partial charge is 0.0961 e. The molecule has 0 saturated heterocycles. The van der Waals surface area contributed by atoms with E-state index >= 15 is 0 Å². The molecule has 0 aliphatic rings. The van der Waals surface area contributed by atoms with Crippen molar-refractivity contribution in [2.45, 2.75) is 27.3 Å². The second-order valence-corrected chi connectivity index (χ2v) is 5.96. The van der Waals surface area contributed by atoms with Gasteiger partial charge in [-0.1, -0.05) is 0 Å². The molecule has 0 aliphatic carbocycles. The predicted molar refractivity (Wildman–Crippen MR) is 75.2 cm³/mol. The number of benzene rings is 1. The van der Waals surface area contributed by atoms with Crippen molar-refractivity contribution in [1.29, 1.82) is 0 Å². The fourth-order valence-corrected chi connectivity index (χ4v) is 2.88. The molecule has 0 aliphatic heterocycles. The number of nitrogens with zero attached hydrogens (tertiary/aromatic N) is 3. The SMILES string of the molecule is Cc1ncc(Cn2cnc3cc(C)c(C)cc32)s1. The summed E-state index contributed by atoms with van der Waals surface area (Å²) in [5.41, 5.74) is 4.87. The highest BCUT2D eigenvalue weighted by molar-refractivity contribution is 7.11. The summed E-state index contributed by atoms with van der Waals surface area (Å²) in [6, 6.07) is 4.37. The van der Waals surface area contributed by atoms with Crippen LogP contribution in [0.4, 0.5) is 0 Å². The molecule has 3 rings (SSSR count). The maximum Gasteiger partial charge on any atom is 0.0961 e. The van der Waals surface area contributed by atoms with Crippen LogP contribution in [0.25, 0.3) is 11.0 Å². The van der Waals surface area contributed by atoms with Gasteiger partial charge in [0.2, 0.25) is 0 Å². The Hall–Kier alpha value is -1.68. The van der Waals surface area contributed by atoms with E-state index in [9.17, 15) is 0 Å². The summed E-state index contributed by atoms with van der Waals surface area (Å²) < 4.78 is 2.19. The molecular weight excluding hydrogens is 242 g/mol. The molecule has 3 aromatic rings. The van der Waals surface area contributed by atoms with Gasteiger partial charge >= 0.3 is 0 Å². The van der Waals surface area contributed by atoms with E-state index in [1.54, 1.807) is 11.3 Å². The Bertz CT molecular complexity index is 709. The lowest BCUT2D eigenvalue weighted by Crippen LogP contribution is -1.96. The largest absolute Gasteiger partial charge is 0.325 e. The van der Waals surface area contributed by atoms with E-state index in [0.29, 0.717) is 0 Å². The van der Waals surface area contributed by atoms with Gasteiger partial charge < -0.3 is 4.57 Å². The van der Waals surface area contributed by atoms with Gasteiger partial charge in [0.15, 0.2) is 0 Å². The summed E-state index contributed by atoms with van der Waals surface area (Å²) in [6.45, 7) is 7.15. The lowest BCUT2D eigenvalue weighted by Gasteiger charge is -2.04. The van der Waals surface area contributed by atoms with Crippen LogP contribution in [0, 0.1) is 20.8 Å². The van der Waals surface area contributed by atoms with Gasteiger partial charge in [0.05, 0.1) is 28.9 Å². The fraction of sp³-hybridized carbons (Fsp3) is 0.286. The molecule has 0 bridgehead atoms. The minimum atomic E-state index is 0.852. The first-order chi connectivity index (χ1) is 8.63. The van der Waals surface area contributed by atoms with E-state index in [1.807, 2.05) is 19.4 Å². The molecule has 0 saturated carbocycles. The number of imidazole rings is 1. The van der Waals surface area contributed by atoms with Gasteiger partial charge in [0.25, 0.3) is 0 Å². The van der Waals surface area contributed by atoms with Crippen molar-refractivity contribution >= 4 is 22.4 Å². The van der Waals surface area contributed by atoms with Crippen molar-refractivity contribution < 1.29 is 0 Å². The predicted octanol–water partition coefficient (Wildman–Crippen LogP) is 3.47. The Morgan fingerprint density at radius 2 is 1.89 bits per heavy atom. The second-order valence-electron chi connectivity index (χ2n) is 4.64. The van der Waals surface area contributed by atoms with Gasteiger partial charge in [-0.2, -0.15) is 0 Å². The third kappa shape index (κ3) is 1.93. The van der Waals surface area contributed by atoms with E-state index in [2.05, 4.69) is 40.5 Å². The lowest BCUT2D eigenvalue weighted by atomic mass is 10.1. The maximum absolute atomic E-state index is 4.47. The van der Waals surface area contributed by atoms with Crippen LogP contribution in [0.15, 0.2) is 24.7 Å². The minimum Gasteiger partial charge on any atom is -0.325 e. The number of aryl methyl sites for hydroxylation is 3. The first-order valence-corrected chi connectivity index (χ1v) is 6.78. The van der Waals surface area contributed by atoms with Gasteiger partial charge in [-0.3, -0.25) is 0 Å². The van der Waals surface area contributed by atoms with Gasteiger partial charge in [-0.05, 0) is 44.0 Å². The van der Waals surface area contributed by atoms with Crippen molar-refractivity contribution in [3.8, 4) is 0 Å². The Balaban J connectivity index is 2.04. The molecule has 2 heterocycles. The fourth-order valence-electron chi connectivity index (χ4n) is 2.09. The van der Waals surface area contributed by atoms with Crippen LogP contribution < -0.4 is 0 Å². The molecule has 18 heavy (non-hydrogen) atoms. The molecule has 0 spiro atoms. The molecule has 0 atom stereocenters. The Kier molecular flexibility index (Phi) is 2.67. The minimum absolute atomic E-state index is 0.852. The van der Waals surface area contributed by atoms with Gasteiger partial charge in [-0.15, -0.1) is 11.3 Å². The molecule has 0 N–H and O–H groups in total. The molecule has 92 valence electrons. The maximum atomic E-state index is 4.47. The van der Waals surface area contributed by atoms with Gasteiger partial charge in [-0.25, -0.2) is 9.97 Å². The van der Waals surface area contributed by atoms with Crippen molar-refractivity contribution in [3.05, 3.63) is 45.7 Å². The standard InChI is InChI=1S/C14H15N3S/c1-9-4-13-14(5-10(9)2)17(8-16-13)7-12-6-15-11(3)18-12/h4-6,8H,7H2,1-3H3. The monoisotopic (exact) mass is 257 g/mol. The number of rotatable bonds is 2. The number of aromatic nitrogens is 3. The van der Waals surface area contributed by atoms with E-state index in [-0.39, 0.29) is 0 Å². The van der Waals surface area contributed by atoms with E-state index in [0.717, 1.165) is 17.1 Å². The zero-order chi connectivity index (χ0) is 12.7. The molecule has 0 radical (unpaired) electrons. The van der Waals surface area contributed by atoms with Crippen LogP contribution in [0.3, 0.4) is 0 Å². The van der Waals surface area contributed by atoms with Crippen LogP contribution in [-0.2, 0) is 6.54 Å². The topological polar surface area (TPSA) is 30.7 Å². The molecule has 3 nitrogen and oxygen atoms in total. The number of hydrogen-bond donors (Lipinski definition) is 0. The summed E-state index contributed by atoms with van der Waals surface area (Å²) in [7, 11) is 0. The van der Waals surface area contributed by atoms with Gasteiger partial charge in [0, 0.05) is 11.1 Å². The summed E-state index contributed by atoms with van der Waals surface area (Å²) in [4.78, 5) is 10.0. The van der Waals surface area contributed by atoms with Crippen molar-refractivity contribution in [1.82, 2.24) is 14.5 Å². The van der Waals surface area contributed by atoms with Gasteiger partial charge in [0.1, 0.15) is 0 Å². The normalized spacial score (nSPS) is 11.3. The highest BCUT2D eigenvalue weighted by Gasteiger charge is 2.06. The number of hydrogen-bond acceptors (Lipinski definition) is 3. The molecule has 0 amide bonds. The van der Waals surface area contributed by atoms with Crippen LogP contribution in [0.5, 0.6) is 0 Å². The lowest BCUT2D eigenvalue weighted by molar-refractivity contribution is 0.835. The highest BCUT2D eigenvalue weighted by Crippen LogP contribution is 2.21. The number of thiazole rings is 1. The van der Waals surface area contributed by atoms with Crippen LogP contribution in [0.2, 0.25) is 0 Å². The molecule has 4 heteroatoms. The third-order valence-corrected chi connectivity index (χ3v) is 4.13. The Labute approximate surface area is 110 Å². The summed E-state index contributed by atoms with van der Waals surface area (Å²) >= 11 is 1.74. The Morgan fingerprint density at radius 1 is 1.11 bits per heavy atom. The summed E-state index contributed by atoms with van der Waals surface area (Å²) in [6.07, 6.45) is 3.87. The molecule has 2 aromatic heterocycles. The van der Waals surface area contributed by atoms with Crippen molar-refractivity contribution in [2.24, 2.45) is 0 Å². The average molecular weight is 257 g/mol. The third-order valence-electron chi connectivity index (χ3n) is 3.23. The van der Waals surface area contributed by atoms with Crippen LogP contribution in [0.1, 0.15) is 21.0 Å². The quantitative estimate of drug-likeness (QED) is 0.704. The molecule has 0 fully saturated rings. The first kappa shape index (κ1) is 11.4. The summed E-state index contributed by atoms with van der Waals surface area (Å²) in [5, 5.41) is 1.11. The Morgan fingerprint density at radius 3 is 2.61 bits per heavy atom. The highest BCUT2D eigenvalue weighted by atomic mass is 32.1. The van der Waals surface area contributed by atoms with Crippen molar-refractivity contribution in [2.75, 3.05) is 0 Å². The van der Waals surface area contributed by atoms with E-state index in [1.165, 1.54) is 21.5 Å².